The van der Waals surface area contributed by atoms with Crippen molar-refractivity contribution >= 4 is 11.6 Å². The predicted molar refractivity (Wildman–Crippen MR) is 124 cm³/mol. The van der Waals surface area contributed by atoms with Gasteiger partial charge in [0, 0.05) is 5.69 Å². The zero-order valence-electron chi connectivity index (χ0n) is 18.0. The summed E-state index contributed by atoms with van der Waals surface area (Å²) in [5.74, 6) is 0.960. The van der Waals surface area contributed by atoms with Crippen molar-refractivity contribution in [3.63, 3.8) is 0 Å². The van der Waals surface area contributed by atoms with Crippen LogP contribution in [-0.2, 0) is 4.79 Å². The van der Waals surface area contributed by atoms with E-state index in [0.29, 0.717) is 6.54 Å². The summed E-state index contributed by atoms with van der Waals surface area (Å²) in [5.41, 5.74) is 3.40. The van der Waals surface area contributed by atoms with Gasteiger partial charge in [-0.2, -0.15) is 0 Å². The maximum atomic E-state index is 12.9. The van der Waals surface area contributed by atoms with Crippen LogP contribution in [0.1, 0.15) is 17.2 Å². The van der Waals surface area contributed by atoms with E-state index in [1.807, 2.05) is 48.5 Å². The molecule has 1 aliphatic heterocycles. The molecule has 160 valence electrons. The van der Waals surface area contributed by atoms with E-state index in [0.717, 1.165) is 43.1 Å². The summed E-state index contributed by atoms with van der Waals surface area (Å²) >= 11 is 0. The van der Waals surface area contributed by atoms with Crippen LogP contribution in [-0.4, -0.2) is 45.7 Å². The molecule has 0 bridgehead atoms. The van der Waals surface area contributed by atoms with Crippen LogP contribution in [0.25, 0.3) is 0 Å². The van der Waals surface area contributed by atoms with E-state index in [1.165, 1.54) is 10.6 Å². The lowest BCUT2D eigenvalue weighted by Crippen LogP contribution is -3.16. The monoisotopic (exact) mass is 416 g/mol. The largest absolute Gasteiger partial charge is 0.497 e. The lowest BCUT2D eigenvalue weighted by Gasteiger charge is -2.33. The van der Waals surface area contributed by atoms with Crippen LogP contribution >= 0.6 is 0 Å². The van der Waals surface area contributed by atoms with E-state index in [4.69, 9.17) is 4.74 Å². The summed E-state index contributed by atoms with van der Waals surface area (Å²) in [6, 6.07) is 28.4. The standard InChI is InChI=1S/C26H29N3O2/c1-31-24-14-12-23(13-15-24)29-18-16-28(17-19-29)20-25(30)27-26(21-8-4-2-5-9-21)22-10-6-3-7-11-22/h2-15,26H,16-20H2,1H3,(H,27,30)/p+1. The molecule has 5 nitrogen and oxygen atoms in total. The minimum absolute atomic E-state index is 0.0885. The number of piperazine rings is 1. The Morgan fingerprint density at radius 3 is 1.97 bits per heavy atom. The molecule has 31 heavy (non-hydrogen) atoms. The summed E-state index contributed by atoms with van der Waals surface area (Å²) in [4.78, 5) is 16.6. The Labute approximate surface area is 184 Å². The molecule has 4 rings (SSSR count). The Morgan fingerprint density at radius 2 is 1.45 bits per heavy atom. The summed E-state index contributed by atoms with van der Waals surface area (Å²) in [6.45, 7) is 4.26. The van der Waals surface area contributed by atoms with E-state index in [1.54, 1.807) is 7.11 Å². The van der Waals surface area contributed by atoms with Gasteiger partial charge in [-0.05, 0) is 35.4 Å². The van der Waals surface area contributed by atoms with Crippen molar-refractivity contribution in [2.45, 2.75) is 6.04 Å². The number of carbonyl (C=O) groups is 1. The summed E-state index contributed by atoms with van der Waals surface area (Å²) in [7, 11) is 1.68. The second kappa shape index (κ2) is 10.1. The van der Waals surface area contributed by atoms with Crippen LogP contribution < -0.4 is 19.9 Å². The fourth-order valence-electron chi connectivity index (χ4n) is 4.14. The fourth-order valence-corrected chi connectivity index (χ4v) is 4.14. The maximum absolute atomic E-state index is 12.9. The van der Waals surface area contributed by atoms with Crippen LogP contribution in [0.3, 0.4) is 0 Å². The number of amides is 1. The molecule has 1 amide bonds. The first-order valence-corrected chi connectivity index (χ1v) is 10.8. The Balaban J connectivity index is 1.34. The third kappa shape index (κ3) is 5.44. The van der Waals surface area contributed by atoms with Gasteiger partial charge < -0.3 is 19.9 Å². The normalized spacial score (nSPS) is 14.5. The fraction of sp³-hybridized carbons (Fsp3) is 0.269. The van der Waals surface area contributed by atoms with Gasteiger partial charge in [0.05, 0.1) is 39.3 Å². The first-order valence-electron chi connectivity index (χ1n) is 10.8. The number of anilines is 1. The van der Waals surface area contributed by atoms with Crippen LogP contribution in [0.5, 0.6) is 5.75 Å². The second-order valence-corrected chi connectivity index (χ2v) is 7.93. The SMILES string of the molecule is COc1ccc(N2CC[NH+](CC(=O)NC(c3ccccc3)c3ccccc3)CC2)cc1. The van der Waals surface area contributed by atoms with Crippen LogP contribution in [0.4, 0.5) is 5.69 Å². The zero-order chi connectivity index (χ0) is 21.5. The number of hydrogen-bond donors (Lipinski definition) is 2. The maximum Gasteiger partial charge on any atom is 0.275 e. The van der Waals surface area contributed by atoms with Crippen molar-refractivity contribution in [1.29, 1.82) is 0 Å². The molecule has 1 fully saturated rings. The van der Waals surface area contributed by atoms with Crippen LogP contribution in [0.2, 0.25) is 0 Å². The van der Waals surface area contributed by atoms with Crippen molar-refractivity contribution in [3.05, 3.63) is 96.1 Å². The molecular formula is C26H30N3O2+. The van der Waals surface area contributed by atoms with Crippen molar-refractivity contribution < 1.29 is 14.4 Å². The molecule has 3 aromatic carbocycles. The number of benzene rings is 3. The van der Waals surface area contributed by atoms with Crippen LogP contribution in [0.15, 0.2) is 84.9 Å². The number of ether oxygens (including phenoxy) is 1. The quantitative estimate of drug-likeness (QED) is 0.621. The number of hydrogen-bond acceptors (Lipinski definition) is 3. The molecule has 1 aliphatic rings. The molecule has 5 heteroatoms. The number of methoxy groups -OCH3 is 1. The van der Waals surface area contributed by atoms with Gasteiger partial charge in [0.2, 0.25) is 0 Å². The van der Waals surface area contributed by atoms with E-state index in [2.05, 4.69) is 46.6 Å². The number of carbonyl (C=O) groups excluding carboxylic acids is 1. The number of nitrogens with zero attached hydrogens (tertiary/aromatic N) is 1. The average Bonchev–Trinajstić information content (AvgIpc) is 2.84. The van der Waals surface area contributed by atoms with Crippen molar-refractivity contribution in [2.75, 3.05) is 44.7 Å². The van der Waals surface area contributed by atoms with Gasteiger partial charge in [0.25, 0.3) is 5.91 Å². The molecule has 0 radical (unpaired) electrons. The molecular weight excluding hydrogens is 386 g/mol. The first-order chi connectivity index (χ1) is 15.2. The predicted octanol–water partition coefficient (Wildman–Crippen LogP) is 2.31. The minimum atomic E-state index is -0.130. The highest BCUT2D eigenvalue weighted by Gasteiger charge is 2.24. The highest BCUT2D eigenvalue weighted by Crippen LogP contribution is 2.21. The van der Waals surface area contributed by atoms with Gasteiger partial charge in [-0.3, -0.25) is 4.79 Å². The Bertz CT molecular complexity index is 913. The molecule has 0 saturated carbocycles. The van der Waals surface area contributed by atoms with Crippen molar-refractivity contribution in [3.8, 4) is 5.75 Å². The minimum Gasteiger partial charge on any atom is -0.497 e. The van der Waals surface area contributed by atoms with Gasteiger partial charge in [0.15, 0.2) is 6.54 Å². The Morgan fingerprint density at radius 1 is 0.903 bits per heavy atom. The third-order valence-electron chi connectivity index (χ3n) is 5.89. The van der Waals surface area contributed by atoms with E-state index in [9.17, 15) is 4.79 Å². The summed E-state index contributed by atoms with van der Waals surface area (Å²) in [6.07, 6.45) is 0. The van der Waals surface area contributed by atoms with Gasteiger partial charge in [-0.25, -0.2) is 0 Å². The van der Waals surface area contributed by atoms with E-state index < -0.39 is 0 Å². The van der Waals surface area contributed by atoms with Gasteiger partial charge in [0.1, 0.15) is 5.75 Å². The number of rotatable bonds is 7. The van der Waals surface area contributed by atoms with Crippen molar-refractivity contribution in [1.82, 2.24) is 5.32 Å². The highest BCUT2D eigenvalue weighted by molar-refractivity contribution is 5.78. The third-order valence-corrected chi connectivity index (χ3v) is 5.89. The summed E-state index contributed by atoms with van der Waals surface area (Å²) < 4.78 is 5.25. The van der Waals surface area contributed by atoms with Gasteiger partial charge in [-0.15, -0.1) is 0 Å². The Kier molecular flexibility index (Phi) is 6.85. The van der Waals surface area contributed by atoms with Crippen LogP contribution in [0, 0.1) is 0 Å². The second-order valence-electron chi connectivity index (χ2n) is 7.93. The first kappa shape index (κ1) is 20.9. The molecule has 1 heterocycles. The van der Waals surface area contributed by atoms with E-state index >= 15 is 0 Å². The molecule has 3 aromatic rings. The topological polar surface area (TPSA) is 46.0 Å². The van der Waals surface area contributed by atoms with Crippen molar-refractivity contribution in [2.24, 2.45) is 0 Å². The average molecular weight is 417 g/mol. The van der Waals surface area contributed by atoms with Gasteiger partial charge in [-0.1, -0.05) is 60.7 Å². The zero-order valence-corrected chi connectivity index (χ0v) is 18.0. The van der Waals surface area contributed by atoms with E-state index in [-0.39, 0.29) is 11.9 Å². The summed E-state index contributed by atoms with van der Waals surface area (Å²) in [5, 5.41) is 3.27. The molecule has 0 atom stereocenters. The Hall–Kier alpha value is -3.31. The molecule has 0 aromatic heterocycles. The van der Waals surface area contributed by atoms with Gasteiger partial charge >= 0.3 is 0 Å². The molecule has 0 unspecified atom stereocenters. The number of quaternary nitrogens is 1. The smallest absolute Gasteiger partial charge is 0.275 e. The lowest BCUT2D eigenvalue weighted by molar-refractivity contribution is -0.892. The molecule has 2 N–H and O–H groups in total. The molecule has 1 saturated heterocycles. The molecule has 0 spiro atoms. The highest BCUT2D eigenvalue weighted by atomic mass is 16.5. The number of nitrogens with one attached hydrogen (secondary N) is 2. The lowest BCUT2D eigenvalue weighted by atomic mass is 9.99. The molecule has 0 aliphatic carbocycles.